The molecule has 3 unspecified atom stereocenters. The molecule has 1 heteroatoms. The fourth-order valence-electron chi connectivity index (χ4n) is 6.55. The number of rotatable bonds is 7. The Bertz CT molecular complexity index is 1090. The molecule has 3 atom stereocenters. The molecule has 1 aliphatic heterocycles. The Labute approximate surface area is 205 Å². The molecule has 174 valence electrons. The van der Waals surface area contributed by atoms with Gasteiger partial charge in [-0.1, -0.05) is 112 Å². The number of hydrogen-bond acceptors (Lipinski definition) is 1. The van der Waals surface area contributed by atoms with Crippen LogP contribution in [0, 0.1) is 5.92 Å². The second-order valence-electron chi connectivity index (χ2n) is 9.97. The van der Waals surface area contributed by atoms with E-state index in [1.54, 1.807) is 0 Å². The van der Waals surface area contributed by atoms with Gasteiger partial charge in [0.25, 0.3) is 0 Å². The minimum absolute atomic E-state index is 0.334. The zero-order chi connectivity index (χ0) is 23.5. The predicted octanol–water partition coefficient (Wildman–Crippen LogP) is 8.85. The van der Waals surface area contributed by atoms with Crippen LogP contribution in [0.2, 0.25) is 0 Å². The van der Waals surface area contributed by atoms with Crippen LogP contribution in [0.15, 0.2) is 109 Å². The lowest BCUT2D eigenvalue weighted by molar-refractivity contribution is 0.365. The maximum Gasteiger partial charge on any atom is 0.0411 e. The molecule has 0 bridgehead atoms. The molecule has 1 fully saturated rings. The van der Waals surface area contributed by atoms with Gasteiger partial charge in [-0.2, -0.15) is 0 Å². The van der Waals surface area contributed by atoms with E-state index in [1.165, 1.54) is 59.3 Å². The monoisotopic (exact) mass is 447 g/mol. The normalized spacial score (nSPS) is 21.0. The van der Waals surface area contributed by atoms with E-state index >= 15 is 0 Å². The van der Waals surface area contributed by atoms with Crippen molar-refractivity contribution < 1.29 is 0 Å². The molecule has 34 heavy (non-hydrogen) atoms. The van der Waals surface area contributed by atoms with E-state index in [4.69, 9.17) is 0 Å². The minimum Gasteiger partial charge on any atom is -0.341 e. The van der Waals surface area contributed by atoms with Crippen LogP contribution in [-0.4, -0.2) is 6.04 Å². The number of fused-ring (bicyclic) bond motifs is 1. The van der Waals surface area contributed by atoms with Gasteiger partial charge in [0.05, 0.1) is 0 Å². The van der Waals surface area contributed by atoms with Gasteiger partial charge in [0.1, 0.15) is 0 Å². The Balaban J connectivity index is 1.47. The molecule has 5 rings (SSSR count). The summed E-state index contributed by atoms with van der Waals surface area (Å²) in [6.45, 7) is 8.86. The molecule has 3 aromatic carbocycles. The van der Waals surface area contributed by atoms with E-state index in [2.05, 4.69) is 116 Å². The van der Waals surface area contributed by atoms with Gasteiger partial charge in [-0.15, -0.1) is 0 Å². The number of anilines is 1. The predicted molar refractivity (Wildman–Crippen MR) is 145 cm³/mol. The molecule has 0 amide bonds. The van der Waals surface area contributed by atoms with Crippen molar-refractivity contribution in [1.29, 1.82) is 0 Å². The molecule has 1 aliphatic carbocycles. The second kappa shape index (κ2) is 10.1. The summed E-state index contributed by atoms with van der Waals surface area (Å²) in [5, 5.41) is 0. The van der Waals surface area contributed by atoms with Crippen LogP contribution in [0.3, 0.4) is 0 Å². The van der Waals surface area contributed by atoms with E-state index in [0.29, 0.717) is 23.8 Å². The molecule has 2 aliphatic rings. The first-order valence-corrected chi connectivity index (χ1v) is 13.1. The van der Waals surface area contributed by atoms with Crippen LogP contribution in [0.25, 0.3) is 0 Å². The van der Waals surface area contributed by atoms with Crippen LogP contribution >= 0.6 is 0 Å². The van der Waals surface area contributed by atoms with Crippen LogP contribution in [0.5, 0.6) is 0 Å². The second-order valence-corrected chi connectivity index (χ2v) is 9.97. The van der Waals surface area contributed by atoms with Gasteiger partial charge in [0, 0.05) is 29.3 Å². The van der Waals surface area contributed by atoms with Crippen molar-refractivity contribution in [3.63, 3.8) is 0 Å². The summed E-state index contributed by atoms with van der Waals surface area (Å²) in [4.78, 5) is 2.65. The van der Waals surface area contributed by atoms with Gasteiger partial charge < -0.3 is 4.90 Å². The van der Waals surface area contributed by atoms with Gasteiger partial charge in [0.15, 0.2) is 0 Å². The lowest BCUT2D eigenvalue weighted by atomic mass is 9.78. The molecule has 0 spiro atoms. The van der Waals surface area contributed by atoms with E-state index in [0.717, 1.165) is 6.42 Å². The van der Waals surface area contributed by atoms with Crippen molar-refractivity contribution >= 4 is 5.69 Å². The standard InChI is InChI=1S/C33H37N/c1-4-29-30-18-12-13-19-32(30)34(31(29)5-2)28-22-20-25(21-23-28)24(3)33(26-14-8-6-9-15-26)27-16-10-7-11-17-27/h4,6-11,14-17,20-24,30,32-33H,1,5,12-13,18-19H2,2-3H3. The number of hydrogen-bond donors (Lipinski definition) is 0. The van der Waals surface area contributed by atoms with Crippen molar-refractivity contribution in [1.82, 2.24) is 0 Å². The lowest BCUT2D eigenvalue weighted by Crippen LogP contribution is -2.36. The first-order chi connectivity index (χ1) is 16.7. The number of benzene rings is 3. The first kappa shape index (κ1) is 22.7. The average molecular weight is 448 g/mol. The summed E-state index contributed by atoms with van der Waals surface area (Å²) in [7, 11) is 0. The Hall–Kier alpha value is -3.06. The molecule has 0 aromatic heterocycles. The highest BCUT2D eigenvalue weighted by Gasteiger charge is 2.40. The molecular formula is C33H37N. The van der Waals surface area contributed by atoms with Gasteiger partial charge >= 0.3 is 0 Å². The third kappa shape index (κ3) is 4.13. The van der Waals surface area contributed by atoms with Crippen LogP contribution in [-0.2, 0) is 0 Å². The highest BCUT2D eigenvalue weighted by atomic mass is 15.2. The smallest absolute Gasteiger partial charge is 0.0411 e. The quantitative estimate of drug-likeness (QED) is 0.349. The van der Waals surface area contributed by atoms with Gasteiger partial charge in [0.2, 0.25) is 0 Å². The third-order valence-corrected chi connectivity index (χ3v) is 8.15. The zero-order valence-corrected chi connectivity index (χ0v) is 20.7. The van der Waals surface area contributed by atoms with Crippen molar-refractivity contribution in [3.05, 3.63) is 126 Å². The Morgan fingerprint density at radius 2 is 1.41 bits per heavy atom. The van der Waals surface area contributed by atoms with Crippen molar-refractivity contribution in [2.75, 3.05) is 4.90 Å². The van der Waals surface area contributed by atoms with E-state index in [-0.39, 0.29) is 0 Å². The van der Waals surface area contributed by atoms with E-state index in [9.17, 15) is 0 Å². The van der Waals surface area contributed by atoms with Crippen LogP contribution in [0.4, 0.5) is 5.69 Å². The van der Waals surface area contributed by atoms with Gasteiger partial charge in [-0.05, 0) is 59.6 Å². The Morgan fingerprint density at radius 1 is 0.824 bits per heavy atom. The lowest BCUT2D eigenvalue weighted by Gasteiger charge is -2.35. The summed E-state index contributed by atoms with van der Waals surface area (Å²) < 4.78 is 0. The number of allylic oxidation sites excluding steroid dienone is 2. The first-order valence-electron chi connectivity index (χ1n) is 13.1. The topological polar surface area (TPSA) is 3.24 Å². The third-order valence-electron chi connectivity index (χ3n) is 8.15. The van der Waals surface area contributed by atoms with Crippen molar-refractivity contribution in [2.24, 2.45) is 5.92 Å². The Morgan fingerprint density at radius 3 is 1.97 bits per heavy atom. The fraction of sp³-hybridized carbons (Fsp3) is 0.333. The Kier molecular flexibility index (Phi) is 6.72. The largest absolute Gasteiger partial charge is 0.341 e. The summed E-state index contributed by atoms with van der Waals surface area (Å²) >= 11 is 0. The van der Waals surface area contributed by atoms with E-state index in [1.807, 2.05) is 0 Å². The van der Waals surface area contributed by atoms with Crippen molar-refractivity contribution in [2.45, 2.75) is 63.8 Å². The number of nitrogens with zero attached hydrogens (tertiary/aromatic N) is 1. The summed E-state index contributed by atoms with van der Waals surface area (Å²) in [6, 6.07) is 32.0. The van der Waals surface area contributed by atoms with Gasteiger partial charge in [-0.25, -0.2) is 0 Å². The maximum absolute atomic E-state index is 4.19. The molecular weight excluding hydrogens is 410 g/mol. The van der Waals surface area contributed by atoms with Crippen molar-refractivity contribution in [3.8, 4) is 0 Å². The summed E-state index contributed by atoms with van der Waals surface area (Å²) in [6.07, 6.45) is 8.48. The summed E-state index contributed by atoms with van der Waals surface area (Å²) in [5.74, 6) is 1.37. The summed E-state index contributed by atoms with van der Waals surface area (Å²) in [5.41, 5.74) is 8.48. The SMILES string of the molecule is C=CC1=C(CC)N(c2ccc(C(C)C(c3ccccc3)c3ccccc3)cc2)C2CCCCC12. The maximum atomic E-state index is 4.19. The van der Waals surface area contributed by atoms with E-state index < -0.39 is 0 Å². The highest BCUT2D eigenvalue weighted by molar-refractivity contribution is 5.60. The van der Waals surface area contributed by atoms with Crippen LogP contribution in [0.1, 0.15) is 74.5 Å². The van der Waals surface area contributed by atoms with Crippen LogP contribution < -0.4 is 4.90 Å². The molecule has 1 nitrogen and oxygen atoms in total. The molecule has 0 saturated heterocycles. The average Bonchev–Trinajstić information content (AvgIpc) is 3.23. The minimum atomic E-state index is 0.334. The zero-order valence-electron chi connectivity index (χ0n) is 20.7. The molecule has 3 aromatic rings. The van der Waals surface area contributed by atoms with Gasteiger partial charge in [-0.3, -0.25) is 0 Å². The molecule has 0 N–H and O–H groups in total. The molecule has 1 saturated carbocycles. The molecule has 0 radical (unpaired) electrons. The fourth-order valence-corrected chi connectivity index (χ4v) is 6.55. The molecule has 1 heterocycles. The highest BCUT2D eigenvalue weighted by Crippen LogP contribution is 2.46.